The van der Waals surface area contributed by atoms with Crippen LogP contribution in [-0.2, 0) is 16.0 Å². The molecule has 1 aliphatic heterocycles. The molecular weight excluding hydrogens is 358 g/mol. The number of nitro groups is 1. The summed E-state index contributed by atoms with van der Waals surface area (Å²) in [6.45, 7) is 4.18. The van der Waals surface area contributed by atoms with E-state index in [1.807, 2.05) is 24.3 Å². The Morgan fingerprint density at radius 3 is 2.61 bits per heavy atom. The fourth-order valence-corrected chi connectivity index (χ4v) is 3.36. The smallest absolute Gasteiger partial charge is 0.271 e. The first-order valence-electron chi connectivity index (χ1n) is 9.34. The van der Waals surface area contributed by atoms with Gasteiger partial charge in [0.25, 0.3) is 5.69 Å². The van der Waals surface area contributed by atoms with E-state index in [0.717, 1.165) is 24.1 Å². The number of nitro benzene ring substituents is 1. The molecule has 7 heteroatoms. The summed E-state index contributed by atoms with van der Waals surface area (Å²) >= 11 is 0. The first kappa shape index (κ1) is 19.5. The van der Waals surface area contributed by atoms with Crippen LogP contribution >= 0.6 is 0 Å². The Balaban J connectivity index is 1.70. The molecule has 2 amide bonds. The average molecular weight is 381 g/mol. The summed E-state index contributed by atoms with van der Waals surface area (Å²) in [5.41, 5.74) is 3.04. The highest BCUT2D eigenvalue weighted by Crippen LogP contribution is 2.28. The van der Waals surface area contributed by atoms with Crippen molar-refractivity contribution in [3.8, 4) is 0 Å². The predicted octanol–water partition coefficient (Wildman–Crippen LogP) is 3.85. The summed E-state index contributed by atoms with van der Waals surface area (Å²) in [7, 11) is 0. The zero-order chi connectivity index (χ0) is 20.3. The van der Waals surface area contributed by atoms with Gasteiger partial charge in [0.05, 0.1) is 16.5 Å². The molecule has 0 saturated carbocycles. The Bertz CT molecular complexity index is 908. The van der Waals surface area contributed by atoms with Gasteiger partial charge in [-0.05, 0) is 36.6 Å². The molecule has 1 saturated heterocycles. The third kappa shape index (κ3) is 4.19. The number of amides is 2. The summed E-state index contributed by atoms with van der Waals surface area (Å²) in [5, 5.41) is 13.7. The molecule has 0 radical (unpaired) electrons. The van der Waals surface area contributed by atoms with E-state index < -0.39 is 10.8 Å². The molecule has 1 heterocycles. The Morgan fingerprint density at radius 1 is 1.25 bits per heavy atom. The van der Waals surface area contributed by atoms with Crippen LogP contribution < -0.4 is 10.2 Å². The number of nitrogens with one attached hydrogen (secondary N) is 1. The average Bonchev–Trinajstić information content (AvgIpc) is 3.06. The van der Waals surface area contributed by atoms with E-state index >= 15 is 0 Å². The minimum absolute atomic E-state index is 0.0859. The SMILES string of the molecule is CCCc1ccc(N2CC(C(=O)Nc3cc([N+](=O)[O-])ccc3C)CC2=O)cc1. The molecule has 1 aliphatic rings. The van der Waals surface area contributed by atoms with E-state index in [9.17, 15) is 19.7 Å². The van der Waals surface area contributed by atoms with E-state index in [0.29, 0.717) is 12.2 Å². The molecule has 0 aliphatic carbocycles. The first-order chi connectivity index (χ1) is 13.4. The van der Waals surface area contributed by atoms with Gasteiger partial charge >= 0.3 is 0 Å². The molecule has 7 nitrogen and oxygen atoms in total. The van der Waals surface area contributed by atoms with Gasteiger partial charge in [-0.1, -0.05) is 31.5 Å². The lowest BCUT2D eigenvalue weighted by atomic mass is 10.1. The molecule has 28 heavy (non-hydrogen) atoms. The van der Waals surface area contributed by atoms with Gasteiger partial charge in [-0.3, -0.25) is 19.7 Å². The fraction of sp³-hybridized carbons (Fsp3) is 0.333. The topological polar surface area (TPSA) is 92.6 Å². The Morgan fingerprint density at radius 2 is 1.96 bits per heavy atom. The molecule has 1 unspecified atom stereocenters. The van der Waals surface area contributed by atoms with E-state index in [1.54, 1.807) is 17.9 Å². The van der Waals surface area contributed by atoms with Crippen molar-refractivity contribution in [1.82, 2.24) is 0 Å². The highest BCUT2D eigenvalue weighted by atomic mass is 16.6. The number of aryl methyl sites for hydroxylation is 2. The maximum atomic E-state index is 12.6. The number of hydrogen-bond donors (Lipinski definition) is 1. The zero-order valence-corrected chi connectivity index (χ0v) is 16.0. The van der Waals surface area contributed by atoms with Crippen molar-refractivity contribution in [2.24, 2.45) is 5.92 Å². The van der Waals surface area contributed by atoms with Gasteiger partial charge in [0, 0.05) is 30.8 Å². The third-order valence-corrected chi connectivity index (χ3v) is 4.97. The first-order valence-corrected chi connectivity index (χ1v) is 9.34. The van der Waals surface area contributed by atoms with Crippen molar-refractivity contribution < 1.29 is 14.5 Å². The van der Waals surface area contributed by atoms with Crippen molar-refractivity contribution in [3.05, 3.63) is 63.7 Å². The molecule has 1 atom stereocenters. The van der Waals surface area contributed by atoms with Crippen LogP contribution in [0.2, 0.25) is 0 Å². The maximum Gasteiger partial charge on any atom is 0.271 e. The Kier molecular flexibility index (Phi) is 5.73. The fourth-order valence-electron chi connectivity index (χ4n) is 3.36. The summed E-state index contributed by atoms with van der Waals surface area (Å²) < 4.78 is 0. The summed E-state index contributed by atoms with van der Waals surface area (Å²) in [5.74, 6) is -0.900. The van der Waals surface area contributed by atoms with Crippen molar-refractivity contribution >= 4 is 28.9 Å². The Hall–Kier alpha value is -3.22. The number of hydrogen-bond acceptors (Lipinski definition) is 4. The van der Waals surface area contributed by atoms with Crippen LogP contribution in [0, 0.1) is 23.0 Å². The van der Waals surface area contributed by atoms with Crippen LogP contribution in [0.25, 0.3) is 0 Å². The van der Waals surface area contributed by atoms with Gasteiger partial charge in [0.15, 0.2) is 0 Å². The quantitative estimate of drug-likeness (QED) is 0.608. The molecular formula is C21H23N3O4. The lowest BCUT2D eigenvalue weighted by Gasteiger charge is -2.17. The van der Waals surface area contributed by atoms with E-state index in [-0.39, 0.29) is 23.9 Å². The molecule has 146 valence electrons. The highest BCUT2D eigenvalue weighted by molar-refractivity contribution is 6.03. The second-order valence-corrected chi connectivity index (χ2v) is 7.07. The van der Waals surface area contributed by atoms with Crippen molar-refractivity contribution in [1.29, 1.82) is 0 Å². The summed E-state index contributed by atoms with van der Waals surface area (Å²) in [6, 6.07) is 12.2. The molecule has 3 rings (SSSR count). The van der Waals surface area contributed by atoms with E-state index in [2.05, 4.69) is 12.2 Å². The monoisotopic (exact) mass is 381 g/mol. The lowest BCUT2D eigenvalue weighted by Crippen LogP contribution is -2.28. The molecule has 0 bridgehead atoms. The number of carbonyl (C=O) groups excluding carboxylic acids is 2. The van der Waals surface area contributed by atoms with E-state index in [4.69, 9.17) is 0 Å². The van der Waals surface area contributed by atoms with Gasteiger partial charge in [0.2, 0.25) is 11.8 Å². The van der Waals surface area contributed by atoms with Crippen LogP contribution in [0.4, 0.5) is 17.1 Å². The summed E-state index contributed by atoms with van der Waals surface area (Å²) in [4.78, 5) is 37.1. The van der Waals surface area contributed by atoms with Crippen LogP contribution in [0.3, 0.4) is 0 Å². The predicted molar refractivity (Wildman–Crippen MR) is 107 cm³/mol. The maximum absolute atomic E-state index is 12.6. The lowest BCUT2D eigenvalue weighted by molar-refractivity contribution is -0.384. The minimum atomic E-state index is -0.502. The van der Waals surface area contributed by atoms with Crippen LogP contribution in [0.1, 0.15) is 30.9 Å². The number of non-ortho nitro benzene ring substituents is 1. The van der Waals surface area contributed by atoms with Crippen molar-refractivity contribution in [3.63, 3.8) is 0 Å². The van der Waals surface area contributed by atoms with Crippen LogP contribution in [-0.4, -0.2) is 23.3 Å². The zero-order valence-electron chi connectivity index (χ0n) is 16.0. The van der Waals surface area contributed by atoms with Gasteiger partial charge in [-0.25, -0.2) is 0 Å². The van der Waals surface area contributed by atoms with Crippen molar-refractivity contribution in [2.45, 2.75) is 33.1 Å². The van der Waals surface area contributed by atoms with Gasteiger partial charge in [-0.15, -0.1) is 0 Å². The third-order valence-electron chi connectivity index (χ3n) is 4.97. The standard InChI is InChI=1S/C21H23N3O4/c1-3-4-15-6-9-17(10-7-15)23-13-16(11-20(23)25)21(26)22-19-12-18(24(27)28)8-5-14(19)2/h5-10,12,16H,3-4,11,13H2,1-2H3,(H,22,26). The molecule has 2 aromatic carbocycles. The normalized spacial score (nSPS) is 16.3. The molecule has 1 fully saturated rings. The second kappa shape index (κ2) is 8.21. The molecule has 2 aromatic rings. The number of nitrogens with zero attached hydrogens (tertiary/aromatic N) is 2. The Labute approximate surface area is 163 Å². The number of rotatable bonds is 6. The van der Waals surface area contributed by atoms with Crippen molar-refractivity contribution in [2.75, 3.05) is 16.8 Å². The van der Waals surface area contributed by atoms with E-state index in [1.165, 1.54) is 17.7 Å². The number of anilines is 2. The molecule has 0 spiro atoms. The molecule has 0 aromatic heterocycles. The van der Waals surface area contributed by atoms with Gasteiger partial charge in [-0.2, -0.15) is 0 Å². The van der Waals surface area contributed by atoms with Crippen LogP contribution in [0.5, 0.6) is 0 Å². The number of benzene rings is 2. The van der Waals surface area contributed by atoms with Gasteiger partial charge < -0.3 is 10.2 Å². The van der Waals surface area contributed by atoms with Crippen LogP contribution in [0.15, 0.2) is 42.5 Å². The number of carbonyl (C=O) groups is 2. The van der Waals surface area contributed by atoms with Gasteiger partial charge in [0.1, 0.15) is 0 Å². The summed E-state index contributed by atoms with van der Waals surface area (Å²) in [6.07, 6.45) is 2.17. The largest absolute Gasteiger partial charge is 0.325 e. The highest BCUT2D eigenvalue weighted by Gasteiger charge is 2.35. The molecule has 1 N–H and O–H groups in total. The minimum Gasteiger partial charge on any atom is -0.325 e. The second-order valence-electron chi connectivity index (χ2n) is 7.07.